The average molecular weight is 523 g/mol. The van der Waals surface area contributed by atoms with Crippen molar-refractivity contribution in [3.05, 3.63) is 77.5 Å². The van der Waals surface area contributed by atoms with E-state index in [1.165, 1.54) is 30.3 Å². The number of halogens is 3. The Balaban J connectivity index is 1.78. The van der Waals surface area contributed by atoms with Crippen molar-refractivity contribution in [3.8, 4) is 28.3 Å². The normalized spacial score (nSPS) is 11.0. The summed E-state index contributed by atoms with van der Waals surface area (Å²) in [7, 11) is 1.82. The number of nitrogens with two attached hydrogens (primary N) is 1. The van der Waals surface area contributed by atoms with Crippen molar-refractivity contribution in [2.45, 2.75) is 26.4 Å². The second-order valence-corrected chi connectivity index (χ2v) is 8.49. The van der Waals surface area contributed by atoms with Crippen molar-refractivity contribution >= 4 is 18.1 Å². The predicted octanol–water partition coefficient (Wildman–Crippen LogP) is 5.17. The SMILES string of the molecule is Cc1cc(-c2c(OCc3cccc(N(C)CCC=O)n3)nc(N)nc2-c2ccc(F)cc2)cc(C(F)F)n1. The fourth-order valence-corrected chi connectivity index (χ4v) is 3.85. The Hall–Kier alpha value is -4.54. The summed E-state index contributed by atoms with van der Waals surface area (Å²) in [5, 5.41) is 0. The summed E-state index contributed by atoms with van der Waals surface area (Å²) < 4.78 is 46.9. The van der Waals surface area contributed by atoms with Crippen LogP contribution in [0.5, 0.6) is 5.88 Å². The standard InChI is InChI=1S/C27H25F3N6O2/c1-16-13-18(14-21(32-16)25(29)30)23-24(17-7-9-19(28)10-8-17)34-27(31)35-26(23)38-15-20-5-3-6-22(33-20)36(2)11-4-12-37/h3,5-10,12-14,25H,4,11,15H2,1-2H3,(H2,31,34,35). The first-order valence-corrected chi connectivity index (χ1v) is 11.7. The van der Waals surface area contributed by atoms with Gasteiger partial charge >= 0.3 is 0 Å². The van der Waals surface area contributed by atoms with Crippen molar-refractivity contribution in [1.29, 1.82) is 0 Å². The smallest absolute Gasteiger partial charge is 0.280 e. The molecule has 4 aromatic rings. The number of ether oxygens (including phenoxy) is 1. The Morgan fingerprint density at radius 3 is 2.50 bits per heavy atom. The number of carbonyl (C=O) groups excluding carboxylic acids is 1. The minimum absolute atomic E-state index is 0.0204. The topological polar surface area (TPSA) is 107 Å². The van der Waals surface area contributed by atoms with Gasteiger partial charge in [-0.2, -0.15) is 4.98 Å². The van der Waals surface area contributed by atoms with E-state index in [1.54, 1.807) is 31.2 Å². The highest BCUT2D eigenvalue weighted by Gasteiger charge is 2.22. The van der Waals surface area contributed by atoms with E-state index in [1.807, 2.05) is 11.9 Å². The first-order valence-electron chi connectivity index (χ1n) is 11.7. The van der Waals surface area contributed by atoms with Gasteiger partial charge in [0.2, 0.25) is 11.8 Å². The van der Waals surface area contributed by atoms with Gasteiger partial charge in [0.05, 0.1) is 17.0 Å². The van der Waals surface area contributed by atoms with E-state index in [4.69, 9.17) is 10.5 Å². The van der Waals surface area contributed by atoms with E-state index in [2.05, 4.69) is 19.9 Å². The quantitative estimate of drug-likeness (QED) is 0.284. The van der Waals surface area contributed by atoms with E-state index in [0.717, 1.165) is 6.29 Å². The Morgan fingerprint density at radius 2 is 1.79 bits per heavy atom. The maximum absolute atomic E-state index is 13.6. The number of rotatable bonds is 10. The van der Waals surface area contributed by atoms with Crippen LogP contribution in [0.4, 0.5) is 24.9 Å². The summed E-state index contributed by atoms with van der Waals surface area (Å²) in [6.07, 6.45) is -1.60. The maximum Gasteiger partial charge on any atom is 0.280 e. The number of aldehydes is 1. The van der Waals surface area contributed by atoms with Crippen LogP contribution < -0.4 is 15.4 Å². The third-order valence-corrected chi connectivity index (χ3v) is 5.62. The minimum atomic E-state index is -2.80. The van der Waals surface area contributed by atoms with Crippen LogP contribution in [0, 0.1) is 12.7 Å². The number of hydrogen-bond acceptors (Lipinski definition) is 8. The van der Waals surface area contributed by atoms with Gasteiger partial charge in [0.1, 0.15) is 30.2 Å². The largest absolute Gasteiger partial charge is 0.471 e. The Kier molecular flexibility index (Phi) is 8.15. The highest BCUT2D eigenvalue weighted by atomic mass is 19.3. The second kappa shape index (κ2) is 11.7. The van der Waals surface area contributed by atoms with Gasteiger partial charge in [-0.05, 0) is 61.0 Å². The summed E-state index contributed by atoms with van der Waals surface area (Å²) in [5.41, 5.74) is 7.93. The number of nitrogens with zero attached hydrogens (tertiary/aromatic N) is 5. The molecule has 38 heavy (non-hydrogen) atoms. The number of benzene rings is 1. The molecule has 0 spiro atoms. The molecule has 3 aromatic heterocycles. The summed E-state index contributed by atoms with van der Waals surface area (Å²) in [6, 6.07) is 13.8. The molecule has 0 aliphatic carbocycles. The van der Waals surface area contributed by atoms with Crippen LogP contribution in [-0.4, -0.2) is 39.8 Å². The summed E-state index contributed by atoms with van der Waals surface area (Å²) in [4.78, 5) is 29.6. The molecule has 8 nitrogen and oxygen atoms in total. The van der Waals surface area contributed by atoms with Crippen molar-refractivity contribution in [2.24, 2.45) is 0 Å². The Bertz CT molecular complexity index is 1430. The van der Waals surface area contributed by atoms with Gasteiger partial charge in [0.25, 0.3) is 6.43 Å². The molecule has 0 unspecified atom stereocenters. The van der Waals surface area contributed by atoms with E-state index in [-0.39, 0.29) is 24.1 Å². The molecule has 0 aliphatic heterocycles. The first kappa shape index (κ1) is 26.5. The molecule has 0 saturated carbocycles. The van der Waals surface area contributed by atoms with E-state index >= 15 is 0 Å². The fourth-order valence-electron chi connectivity index (χ4n) is 3.85. The average Bonchev–Trinajstić information content (AvgIpc) is 2.90. The molecule has 11 heteroatoms. The highest BCUT2D eigenvalue weighted by molar-refractivity contribution is 5.85. The number of carbonyl (C=O) groups is 1. The van der Waals surface area contributed by atoms with Crippen LogP contribution in [0.25, 0.3) is 22.4 Å². The summed E-state index contributed by atoms with van der Waals surface area (Å²) >= 11 is 0. The molecule has 0 amide bonds. The number of pyridine rings is 2. The number of alkyl halides is 2. The second-order valence-electron chi connectivity index (χ2n) is 8.49. The molecular formula is C27H25F3N6O2. The van der Waals surface area contributed by atoms with Gasteiger partial charge in [0, 0.05) is 31.3 Å². The molecule has 0 radical (unpaired) electrons. The lowest BCUT2D eigenvalue weighted by Crippen LogP contribution is -2.20. The van der Waals surface area contributed by atoms with Crippen LogP contribution in [0.3, 0.4) is 0 Å². The van der Waals surface area contributed by atoms with Crippen LogP contribution in [0.15, 0.2) is 54.6 Å². The van der Waals surface area contributed by atoms with Gasteiger partial charge in [0.15, 0.2) is 0 Å². The first-order chi connectivity index (χ1) is 18.2. The lowest BCUT2D eigenvalue weighted by Gasteiger charge is -2.18. The zero-order valence-corrected chi connectivity index (χ0v) is 20.7. The molecule has 2 N–H and O–H groups in total. The predicted molar refractivity (Wildman–Crippen MR) is 137 cm³/mol. The third-order valence-electron chi connectivity index (χ3n) is 5.62. The number of hydrogen-bond donors (Lipinski definition) is 1. The number of aryl methyl sites for hydroxylation is 1. The molecule has 3 heterocycles. The van der Waals surface area contributed by atoms with Gasteiger partial charge in [-0.1, -0.05) is 6.07 Å². The van der Waals surface area contributed by atoms with E-state index < -0.39 is 17.9 Å². The van der Waals surface area contributed by atoms with Crippen molar-refractivity contribution in [3.63, 3.8) is 0 Å². The Morgan fingerprint density at radius 1 is 1.03 bits per heavy atom. The maximum atomic E-state index is 13.6. The molecule has 0 saturated heterocycles. The number of anilines is 2. The molecule has 0 aliphatic rings. The molecule has 0 bridgehead atoms. The van der Waals surface area contributed by atoms with Gasteiger partial charge in [-0.3, -0.25) is 4.98 Å². The zero-order valence-electron chi connectivity index (χ0n) is 20.7. The lowest BCUT2D eigenvalue weighted by atomic mass is 9.99. The van der Waals surface area contributed by atoms with Crippen molar-refractivity contribution in [1.82, 2.24) is 19.9 Å². The molecular weight excluding hydrogens is 497 g/mol. The van der Waals surface area contributed by atoms with E-state index in [0.29, 0.717) is 46.9 Å². The summed E-state index contributed by atoms with van der Waals surface area (Å²) in [6.45, 7) is 2.08. The molecule has 0 fully saturated rings. The third kappa shape index (κ3) is 6.23. The summed E-state index contributed by atoms with van der Waals surface area (Å²) in [5.74, 6) is 0.133. The highest BCUT2D eigenvalue weighted by Crippen LogP contribution is 2.39. The molecule has 0 atom stereocenters. The van der Waals surface area contributed by atoms with Crippen LogP contribution >= 0.6 is 0 Å². The minimum Gasteiger partial charge on any atom is -0.471 e. The number of aromatic nitrogens is 4. The molecule has 196 valence electrons. The Labute approximate surface area is 217 Å². The van der Waals surface area contributed by atoms with Crippen molar-refractivity contribution < 1.29 is 22.7 Å². The molecule has 4 rings (SSSR count). The zero-order chi connectivity index (χ0) is 27.2. The van der Waals surface area contributed by atoms with Gasteiger partial charge in [-0.25, -0.2) is 23.1 Å². The van der Waals surface area contributed by atoms with Gasteiger partial charge in [-0.15, -0.1) is 0 Å². The van der Waals surface area contributed by atoms with E-state index in [9.17, 15) is 18.0 Å². The van der Waals surface area contributed by atoms with Crippen LogP contribution in [0.1, 0.15) is 29.9 Å². The number of nitrogen functional groups attached to an aromatic ring is 1. The van der Waals surface area contributed by atoms with Gasteiger partial charge < -0.3 is 20.2 Å². The van der Waals surface area contributed by atoms with Crippen LogP contribution in [0.2, 0.25) is 0 Å². The lowest BCUT2D eigenvalue weighted by molar-refractivity contribution is -0.107. The van der Waals surface area contributed by atoms with Crippen molar-refractivity contribution in [2.75, 3.05) is 24.2 Å². The molecule has 1 aromatic carbocycles. The van der Waals surface area contributed by atoms with Crippen LogP contribution in [-0.2, 0) is 11.4 Å². The fraction of sp³-hybridized carbons (Fsp3) is 0.222. The monoisotopic (exact) mass is 522 g/mol.